The van der Waals surface area contributed by atoms with Crippen molar-refractivity contribution in [2.75, 3.05) is 13.2 Å². The van der Waals surface area contributed by atoms with Crippen LogP contribution in [0.4, 0.5) is 4.79 Å². The van der Waals surface area contributed by atoms with Crippen molar-refractivity contribution in [3.8, 4) is 17.1 Å². The van der Waals surface area contributed by atoms with E-state index in [1.54, 1.807) is 17.5 Å². The van der Waals surface area contributed by atoms with Crippen molar-refractivity contribution in [1.82, 2.24) is 29.6 Å². The average molecular weight is 491 g/mol. The van der Waals surface area contributed by atoms with Crippen molar-refractivity contribution in [1.29, 1.82) is 0 Å². The van der Waals surface area contributed by atoms with Crippen LogP contribution in [0.2, 0.25) is 0 Å². The molecule has 1 aliphatic rings. The van der Waals surface area contributed by atoms with Crippen LogP contribution in [0.15, 0.2) is 53.7 Å². The average Bonchev–Trinajstić information content (AvgIpc) is 3.57. The lowest BCUT2D eigenvalue weighted by Gasteiger charge is -2.30. The third-order valence-corrected chi connectivity index (χ3v) is 7.16. The molecule has 0 saturated heterocycles. The Bertz CT molecular complexity index is 1290. The number of carbonyl (C=O) groups is 1. The van der Waals surface area contributed by atoms with E-state index in [9.17, 15) is 4.79 Å². The number of aromatic nitrogens is 4. The molecule has 4 aromatic rings. The number of carbonyl (C=O) groups excluding carboxylic acids is 1. The highest BCUT2D eigenvalue weighted by atomic mass is 32.1. The van der Waals surface area contributed by atoms with E-state index >= 15 is 0 Å². The number of fused-ring (bicyclic) bond motifs is 7. The Morgan fingerprint density at radius 3 is 2.97 bits per heavy atom. The van der Waals surface area contributed by atoms with Gasteiger partial charge in [-0.05, 0) is 44.7 Å². The lowest BCUT2D eigenvalue weighted by molar-refractivity contribution is 0.177. The van der Waals surface area contributed by atoms with E-state index in [1.807, 2.05) is 51.6 Å². The van der Waals surface area contributed by atoms with Gasteiger partial charge >= 0.3 is 6.03 Å². The van der Waals surface area contributed by atoms with Crippen molar-refractivity contribution >= 4 is 23.0 Å². The number of hydrogen-bond acceptors (Lipinski definition) is 6. The molecule has 182 valence electrons. The fraction of sp³-hybridized carbons (Fsp3) is 0.385. The number of rotatable bonds is 2. The second-order valence-electron chi connectivity index (χ2n) is 8.79. The Morgan fingerprint density at radius 2 is 2.14 bits per heavy atom. The van der Waals surface area contributed by atoms with E-state index in [4.69, 9.17) is 9.72 Å². The van der Waals surface area contributed by atoms with Crippen LogP contribution in [0, 0.1) is 0 Å². The number of ether oxygens (including phenoxy) is 1. The Labute approximate surface area is 209 Å². The van der Waals surface area contributed by atoms with Gasteiger partial charge in [0.1, 0.15) is 0 Å². The van der Waals surface area contributed by atoms with Crippen LogP contribution < -0.4 is 10.1 Å². The summed E-state index contributed by atoms with van der Waals surface area (Å²) in [4.78, 5) is 29.0. The fourth-order valence-electron chi connectivity index (χ4n) is 4.59. The van der Waals surface area contributed by atoms with Gasteiger partial charge in [0, 0.05) is 36.1 Å². The zero-order chi connectivity index (χ0) is 24.2. The van der Waals surface area contributed by atoms with Crippen molar-refractivity contribution in [2.45, 2.75) is 51.6 Å². The largest absolute Gasteiger partial charge is 0.475 e. The molecule has 0 spiro atoms. The minimum Gasteiger partial charge on any atom is -0.475 e. The summed E-state index contributed by atoms with van der Waals surface area (Å²) in [6, 6.07) is 7.91. The van der Waals surface area contributed by atoms with Crippen LogP contribution in [0.5, 0.6) is 5.88 Å². The predicted molar refractivity (Wildman–Crippen MR) is 137 cm³/mol. The van der Waals surface area contributed by atoms with Gasteiger partial charge < -0.3 is 19.4 Å². The van der Waals surface area contributed by atoms with E-state index in [2.05, 4.69) is 34.3 Å². The standard InChI is InChI=1S/C26H30N6O2S/c1-3-32-18(2)19-8-7-9-20(14-19)22-15-31-12-11-27-24(31)25(29-22)34-13-6-4-5-10-21(30-26(32)33)23-16-35-17-28-23/h7-9,11-12,14-18,21H,3-6,10,13H2,1-2H3,(H,30,33)/t18-,21+/m1/s1. The topological polar surface area (TPSA) is 84.7 Å². The molecule has 0 aliphatic carbocycles. The Morgan fingerprint density at radius 1 is 1.23 bits per heavy atom. The Kier molecular flexibility index (Phi) is 6.94. The number of urea groups is 1. The Hall–Kier alpha value is -3.46. The summed E-state index contributed by atoms with van der Waals surface area (Å²) in [7, 11) is 0. The number of thiazole rings is 1. The second-order valence-corrected chi connectivity index (χ2v) is 9.51. The first-order chi connectivity index (χ1) is 17.1. The zero-order valence-corrected chi connectivity index (χ0v) is 20.9. The maximum Gasteiger partial charge on any atom is 0.318 e. The molecule has 4 bridgehead atoms. The highest BCUT2D eigenvalue weighted by molar-refractivity contribution is 7.07. The number of amides is 2. The Balaban J connectivity index is 1.52. The van der Waals surface area contributed by atoms with E-state index in [-0.39, 0.29) is 18.1 Å². The quantitative estimate of drug-likeness (QED) is 0.393. The van der Waals surface area contributed by atoms with E-state index in [1.165, 1.54) is 0 Å². The summed E-state index contributed by atoms with van der Waals surface area (Å²) in [6.45, 7) is 5.24. The van der Waals surface area contributed by atoms with Gasteiger partial charge in [-0.1, -0.05) is 24.6 Å². The number of hydrogen-bond donors (Lipinski definition) is 1. The van der Waals surface area contributed by atoms with Gasteiger partial charge in [-0.2, -0.15) is 0 Å². The van der Waals surface area contributed by atoms with Gasteiger partial charge in [0.25, 0.3) is 5.88 Å². The molecule has 0 saturated carbocycles. The third-order valence-electron chi connectivity index (χ3n) is 6.56. The van der Waals surface area contributed by atoms with Crippen molar-refractivity contribution in [3.63, 3.8) is 0 Å². The molecule has 3 aromatic heterocycles. The molecule has 0 radical (unpaired) electrons. The normalized spacial score (nSPS) is 19.7. The summed E-state index contributed by atoms with van der Waals surface area (Å²) >= 11 is 1.55. The maximum absolute atomic E-state index is 13.4. The second kappa shape index (κ2) is 10.4. The molecular formula is C26H30N6O2S. The molecule has 1 aliphatic heterocycles. The van der Waals surface area contributed by atoms with Crippen molar-refractivity contribution in [2.24, 2.45) is 0 Å². The van der Waals surface area contributed by atoms with E-state index in [0.29, 0.717) is 24.7 Å². The molecule has 9 heteroatoms. The van der Waals surface area contributed by atoms with Gasteiger partial charge in [0.2, 0.25) is 5.65 Å². The van der Waals surface area contributed by atoms with E-state index in [0.717, 1.165) is 48.2 Å². The lowest BCUT2D eigenvalue weighted by Crippen LogP contribution is -2.43. The monoisotopic (exact) mass is 490 g/mol. The first kappa shape index (κ1) is 23.3. The van der Waals surface area contributed by atoms with Crippen LogP contribution in [0.25, 0.3) is 16.9 Å². The fourth-order valence-corrected chi connectivity index (χ4v) is 5.19. The molecule has 1 N–H and O–H groups in total. The molecule has 35 heavy (non-hydrogen) atoms. The summed E-state index contributed by atoms with van der Waals surface area (Å²) in [5.74, 6) is 0.544. The van der Waals surface area contributed by atoms with Crippen LogP contribution >= 0.6 is 11.3 Å². The summed E-state index contributed by atoms with van der Waals surface area (Å²) in [6.07, 6.45) is 9.30. The van der Waals surface area contributed by atoms with Crippen LogP contribution in [0.3, 0.4) is 0 Å². The first-order valence-electron chi connectivity index (χ1n) is 12.2. The van der Waals surface area contributed by atoms with E-state index < -0.39 is 0 Å². The van der Waals surface area contributed by atoms with Crippen molar-refractivity contribution in [3.05, 3.63) is 65.0 Å². The number of nitrogens with one attached hydrogen (secondary N) is 1. The predicted octanol–water partition coefficient (Wildman–Crippen LogP) is 5.64. The SMILES string of the molecule is CCN1C(=O)N[C@H](c2cscn2)CCCCCOc2nc(cn3ccnc23)-c2cccc(c2)[C@H]1C. The van der Waals surface area contributed by atoms with Gasteiger partial charge in [-0.25, -0.2) is 19.7 Å². The minimum absolute atomic E-state index is 0.0729. The number of imidazole rings is 1. The summed E-state index contributed by atoms with van der Waals surface area (Å²) in [5.41, 5.74) is 6.28. The smallest absolute Gasteiger partial charge is 0.318 e. The highest BCUT2D eigenvalue weighted by Gasteiger charge is 2.24. The summed E-state index contributed by atoms with van der Waals surface area (Å²) in [5, 5.41) is 5.27. The van der Waals surface area contributed by atoms with Crippen molar-refractivity contribution < 1.29 is 9.53 Å². The third kappa shape index (κ3) is 5.00. The van der Waals surface area contributed by atoms with Crippen LogP contribution in [-0.2, 0) is 0 Å². The molecule has 0 fully saturated rings. The zero-order valence-electron chi connectivity index (χ0n) is 20.1. The first-order valence-corrected chi connectivity index (χ1v) is 13.1. The molecule has 2 amide bonds. The molecule has 1 aromatic carbocycles. The molecule has 2 atom stereocenters. The van der Waals surface area contributed by atoms with Crippen LogP contribution in [-0.4, -0.2) is 43.4 Å². The highest BCUT2D eigenvalue weighted by Crippen LogP contribution is 2.29. The molecule has 4 heterocycles. The lowest BCUT2D eigenvalue weighted by atomic mass is 10.0. The van der Waals surface area contributed by atoms with Gasteiger partial charge in [0.05, 0.1) is 35.6 Å². The molecular weight excluding hydrogens is 460 g/mol. The molecule has 5 rings (SSSR count). The molecule has 8 nitrogen and oxygen atoms in total. The maximum atomic E-state index is 13.4. The number of nitrogens with zero attached hydrogens (tertiary/aromatic N) is 5. The summed E-state index contributed by atoms with van der Waals surface area (Å²) < 4.78 is 8.05. The minimum atomic E-state index is -0.112. The molecule has 0 unspecified atom stereocenters. The van der Waals surface area contributed by atoms with Crippen LogP contribution in [0.1, 0.15) is 62.9 Å². The van der Waals surface area contributed by atoms with Gasteiger partial charge in [-0.3, -0.25) is 0 Å². The van der Waals surface area contributed by atoms with Gasteiger partial charge in [0.15, 0.2) is 0 Å². The number of benzene rings is 1. The van der Waals surface area contributed by atoms with Gasteiger partial charge in [-0.15, -0.1) is 11.3 Å².